The molecule has 0 fully saturated rings. The molecule has 27 heavy (non-hydrogen) atoms. The van der Waals surface area contributed by atoms with Gasteiger partial charge >= 0.3 is 0 Å². The van der Waals surface area contributed by atoms with Crippen LogP contribution in [-0.4, -0.2) is 30.5 Å². The SMILES string of the molecule is CCO[C@@H]1OC(C(=O)Nc2ccccc2)=C[C@H](c2cccs2)[C@@H]1CCCO. The zero-order valence-electron chi connectivity index (χ0n) is 15.3. The molecular weight excluding hydrogens is 362 g/mol. The lowest BCUT2D eigenvalue weighted by molar-refractivity contribution is -0.164. The third kappa shape index (κ3) is 4.97. The van der Waals surface area contributed by atoms with Gasteiger partial charge in [-0.3, -0.25) is 4.79 Å². The summed E-state index contributed by atoms with van der Waals surface area (Å²) in [7, 11) is 0. The fraction of sp³-hybridized carbons (Fsp3) is 0.381. The topological polar surface area (TPSA) is 67.8 Å². The third-order valence-corrected chi connectivity index (χ3v) is 5.51. The molecule has 0 radical (unpaired) electrons. The Labute approximate surface area is 163 Å². The van der Waals surface area contributed by atoms with E-state index >= 15 is 0 Å². The minimum Gasteiger partial charge on any atom is -0.459 e. The Morgan fingerprint density at radius 3 is 2.74 bits per heavy atom. The summed E-state index contributed by atoms with van der Waals surface area (Å²) in [4.78, 5) is 13.9. The highest BCUT2D eigenvalue weighted by Crippen LogP contribution is 2.41. The van der Waals surface area contributed by atoms with Gasteiger partial charge in [-0.1, -0.05) is 24.3 Å². The average molecular weight is 388 g/mol. The number of amides is 1. The smallest absolute Gasteiger partial charge is 0.290 e. The Hall–Kier alpha value is -2.15. The van der Waals surface area contributed by atoms with Crippen LogP contribution in [0.15, 0.2) is 59.7 Å². The highest BCUT2D eigenvalue weighted by Gasteiger charge is 2.38. The number of carbonyl (C=O) groups is 1. The zero-order chi connectivity index (χ0) is 19.1. The lowest BCUT2D eigenvalue weighted by Gasteiger charge is -2.36. The van der Waals surface area contributed by atoms with Crippen molar-refractivity contribution >= 4 is 22.9 Å². The van der Waals surface area contributed by atoms with Crippen molar-refractivity contribution in [1.82, 2.24) is 0 Å². The van der Waals surface area contributed by atoms with E-state index in [1.807, 2.05) is 54.8 Å². The number of thiophene rings is 1. The van der Waals surface area contributed by atoms with Gasteiger partial charge in [-0.05, 0) is 49.4 Å². The van der Waals surface area contributed by atoms with Crippen LogP contribution in [0.2, 0.25) is 0 Å². The molecule has 0 saturated heterocycles. The summed E-state index contributed by atoms with van der Waals surface area (Å²) in [5, 5.41) is 14.2. The molecule has 0 unspecified atom stereocenters. The van der Waals surface area contributed by atoms with E-state index in [0.29, 0.717) is 13.0 Å². The van der Waals surface area contributed by atoms with Crippen molar-refractivity contribution in [1.29, 1.82) is 0 Å². The third-order valence-electron chi connectivity index (χ3n) is 4.54. The number of hydrogen-bond acceptors (Lipinski definition) is 5. The Morgan fingerprint density at radius 2 is 2.07 bits per heavy atom. The maximum Gasteiger partial charge on any atom is 0.290 e. The standard InChI is InChI=1S/C21H25NO4S/c1-2-25-21-16(10-6-12-23)17(19-11-7-13-27-19)14-18(26-21)20(24)22-15-8-4-3-5-9-15/h3-5,7-9,11,13-14,16-17,21,23H,2,6,10,12H2,1H3,(H,22,24)/t16-,17-,21+/m0/s1. The lowest BCUT2D eigenvalue weighted by atomic mass is 9.84. The number of nitrogens with one attached hydrogen (secondary N) is 1. The molecule has 144 valence electrons. The summed E-state index contributed by atoms with van der Waals surface area (Å²) in [5.74, 6) is 0.0476. The number of carbonyl (C=O) groups excluding carboxylic acids is 1. The Morgan fingerprint density at radius 1 is 1.26 bits per heavy atom. The molecule has 2 aromatic rings. The molecule has 2 N–H and O–H groups in total. The molecule has 5 nitrogen and oxygen atoms in total. The van der Waals surface area contributed by atoms with Crippen LogP contribution in [0.5, 0.6) is 0 Å². The molecule has 0 aliphatic carbocycles. The van der Waals surface area contributed by atoms with Crippen molar-refractivity contribution < 1.29 is 19.4 Å². The summed E-state index contributed by atoms with van der Waals surface area (Å²) in [6.45, 7) is 2.53. The normalized spacial score (nSPS) is 22.0. The molecule has 6 heteroatoms. The maximum atomic E-state index is 12.8. The van der Waals surface area contributed by atoms with Gasteiger partial charge in [-0.25, -0.2) is 0 Å². The van der Waals surface area contributed by atoms with Crippen molar-refractivity contribution in [3.8, 4) is 0 Å². The first-order valence-corrected chi connectivity index (χ1v) is 10.1. The van der Waals surface area contributed by atoms with E-state index in [-0.39, 0.29) is 30.1 Å². The van der Waals surface area contributed by atoms with Gasteiger partial charge in [-0.2, -0.15) is 0 Å². The van der Waals surface area contributed by atoms with Gasteiger partial charge in [0.15, 0.2) is 5.76 Å². The van der Waals surface area contributed by atoms with Crippen LogP contribution in [0.25, 0.3) is 0 Å². The van der Waals surface area contributed by atoms with E-state index in [1.54, 1.807) is 11.3 Å². The van der Waals surface area contributed by atoms with Gasteiger partial charge in [0.2, 0.25) is 6.29 Å². The number of ether oxygens (including phenoxy) is 2. The predicted molar refractivity (Wildman–Crippen MR) is 107 cm³/mol. The van der Waals surface area contributed by atoms with Crippen molar-refractivity contribution in [2.45, 2.75) is 32.0 Å². The second-order valence-corrected chi connectivity index (χ2v) is 7.34. The number of anilines is 1. The van der Waals surface area contributed by atoms with E-state index in [9.17, 15) is 9.90 Å². The molecule has 1 aliphatic heterocycles. The van der Waals surface area contributed by atoms with Gasteiger partial charge in [0, 0.05) is 35.6 Å². The minimum absolute atomic E-state index is 0.0124. The Bertz CT molecular complexity index is 745. The van der Waals surface area contributed by atoms with Crippen LogP contribution in [0.3, 0.4) is 0 Å². The van der Waals surface area contributed by atoms with Gasteiger partial charge in [-0.15, -0.1) is 11.3 Å². The van der Waals surface area contributed by atoms with Crippen molar-refractivity contribution in [3.63, 3.8) is 0 Å². The Balaban J connectivity index is 1.87. The molecule has 1 aromatic heterocycles. The Kier molecular flexibility index (Phi) is 7.04. The quantitative estimate of drug-likeness (QED) is 0.714. The zero-order valence-corrected chi connectivity index (χ0v) is 16.2. The average Bonchev–Trinajstić information content (AvgIpc) is 3.22. The molecule has 3 rings (SSSR count). The van der Waals surface area contributed by atoms with Crippen molar-refractivity contribution in [2.24, 2.45) is 5.92 Å². The largest absolute Gasteiger partial charge is 0.459 e. The molecule has 0 spiro atoms. The number of para-hydroxylation sites is 1. The molecule has 1 amide bonds. The fourth-order valence-corrected chi connectivity index (χ4v) is 4.16. The van der Waals surface area contributed by atoms with Crippen LogP contribution in [-0.2, 0) is 14.3 Å². The van der Waals surface area contributed by atoms with Crippen LogP contribution in [0, 0.1) is 5.92 Å². The number of allylic oxidation sites excluding steroid dienone is 1. The summed E-state index contributed by atoms with van der Waals surface area (Å²) in [5.41, 5.74) is 0.718. The molecule has 1 aromatic carbocycles. The van der Waals surface area contributed by atoms with Crippen LogP contribution < -0.4 is 5.32 Å². The van der Waals surface area contributed by atoms with Crippen molar-refractivity contribution in [2.75, 3.05) is 18.5 Å². The molecule has 0 bridgehead atoms. The maximum absolute atomic E-state index is 12.8. The second kappa shape index (κ2) is 9.69. The van der Waals surface area contributed by atoms with Gasteiger partial charge in [0.25, 0.3) is 5.91 Å². The number of aliphatic hydroxyl groups excluding tert-OH is 1. The summed E-state index contributed by atoms with van der Waals surface area (Å²) in [6, 6.07) is 13.4. The van der Waals surface area contributed by atoms with Gasteiger partial charge in [0.1, 0.15) is 0 Å². The van der Waals surface area contributed by atoms with Gasteiger partial charge < -0.3 is 19.9 Å². The molecule has 1 aliphatic rings. The highest BCUT2D eigenvalue weighted by atomic mass is 32.1. The number of hydrogen-bond donors (Lipinski definition) is 2. The number of rotatable bonds is 8. The van der Waals surface area contributed by atoms with E-state index in [1.165, 1.54) is 0 Å². The first kappa shape index (κ1) is 19.6. The number of aliphatic hydroxyl groups is 1. The van der Waals surface area contributed by atoms with Crippen LogP contribution in [0.1, 0.15) is 30.6 Å². The van der Waals surface area contributed by atoms with Crippen LogP contribution >= 0.6 is 11.3 Å². The molecule has 0 saturated carbocycles. The van der Waals surface area contributed by atoms with E-state index in [0.717, 1.165) is 17.0 Å². The van der Waals surface area contributed by atoms with Gasteiger partial charge in [0.05, 0.1) is 0 Å². The minimum atomic E-state index is -0.518. The monoisotopic (exact) mass is 387 g/mol. The molecule has 3 atom stereocenters. The molecular formula is C21H25NO4S. The predicted octanol–water partition coefficient (Wildman–Crippen LogP) is 4.14. The first-order chi connectivity index (χ1) is 13.2. The van der Waals surface area contributed by atoms with Crippen LogP contribution in [0.4, 0.5) is 5.69 Å². The van der Waals surface area contributed by atoms with E-state index < -0.39 is 6.29 Å². The molecule has 2 heterocycles. The van der Waals surface area contributed by atoms with E-state index in [2.05, 4.69) is 11.4 Å². The lowest BCUT2D eigenvalue weighted by Crippen LogP contribution is -2.37. The summed E-state index contributed by atoms with van der Waals surface area (Å²) < 4.78 is 11.8. The fourth-order valence-electron chi connectivity index (χ4n) is 3.29. The highest BCUT2D eigenvalue weighted by molar-refractivity contribution is 7.10. The first-order valence-electron chi connectivity index (χ1n) is 9.23. The number of benzene rings is 1. The second-order valence-electron chi connectivity index (χ2n) is 6.36. The van der Waals surface area contributed by atoms with Crippen molar-refractivity contribution in [3.05, 3.63) is 64.6 Å². The van der Waals surface area contributed by atoms with E-state index in [4.69, 9.17) is 9.47 Å². The summed E-state index contributed by atoms with van der Waals surface area (Å²) in [6.07, 6.45) is 2.80. The summed E-state index contributed by atoms with van der Waals surface area (Å²) >= 11 is 1.65.